The third kappa shape index (κ3) is 4.03. The number of non-ortho nitro benzene ring substituents is 1. The molecule has 0 fully saturated rings. The molecule has 0 bridgehead atoms. The van der Waals surface area contributed by atoms with Crippen LogP contribution < -0.4 is 11.1 Å². The molecule has 3 N–H and O–H groups in total. The molecule has 0 aromatic heterocycles. The van der Waals surface area contributed by atoms with Crippen LogP contribution >= 0.6 is 11.6 Å². The number of anilines is 1. The molecule has 0 radical (unpaired) electrons. The Morgan fingerprint density at radius 1 is 1.27 bits per heavy atom. The van der Waals surface area contributed by atoms with Crippen molar-refractivity contribution in [2.75, 3.05) is 5.32 Å². The van der Waals surface area contributed by atoms with Crippen LogP contribution in [0.15, 0.2) is 48.5 Å². The van der Waals surface area contributed by atoms with Gasteiger partial charge < -0.3 is 11.1 Å². The van der Waals surface area contributed by atoms with Gasteiger partial charge in [0.1, 0.15) is 0 Å². The summed E-state index contributed by atoms with van der Waals surface area (Å²) >= 11 is 5.92. The fraction of sp³-hybridized carbons (Fsp3) is 0.133. The van der Waals surface area contributed by atoms with E-state index in [0.717, 1.165) is 5.56 Å². The van der Waals surface area contributed by atoms with E-state index in [1.165, 1.54) is 18.2 Å². The lowest BCUT2D eigenvalue weighted by molar-refractivity contribution is -0.384. The first kappa shape index (κ1) is 15.9. The van der Waals surface area contributed by atoms with E-state index in [1.54, 1.807) is 0 Å². The molecule has 2 rings (SSSR count). The maximum Gasteiger partial charge on any atom is 0.271 e. The van der Waals surface area contributed by atoms with E-state index in [9.17, 15) is 14.9 Å². The van der Waals surface area contributed by atoms with Crippen molar-refractivity contribution in [1.29, 1.82) is 0 Å². The molecule has 7 heteroatoms. The van der Waals surface area contributed by atoms with Gasteiger partial charge in [-0.1, -0.05) is 41.9 Å². The SMILES string of the molecule is N[C@@H](Cc1ccccc1)C(=O)Nc1ccc([N+](=O)[O-])cc1Cl. The molecule has 6 nitrogen and oxygen atoms in total. The van der Waals surface area contributed by atoms with Crippen molar-refractivity contribution in [3.8, 4) is 0 Å². The summed E-state index contributed by atoms with van der Waals surface area (Å²) in [6, 6.07) is 12.5. The number of nitro benzene ring substituents is 1. The third-order valence-corrected chi connectivity index (χ3v) is 3.37. The van der Waals surface area contributed by atoms with Gasteiger partial charge in [-0.15, -0.1) is 0 Å². The largest absolute Gasteiger partial charge is 0.323 e. The summed E-state index contributed by atoms with van der Waals surface area (Å²) in [4.78, 5) is 22.1. The molecule has 0 aliphatic heterocycles. The lowest BCUT2D eigenvalue weighted by Crippen LogP contribution is -2.37. The molecule has 0 aliphatic carbocycles. The normalized spacial score (nSPS) is 11.7. The number of halogens is 1. The van der Waals surface area contributed by atoms with Gasteiger partial charge in [-0.2, -0.15) is 0 Å². The monoisotopic (exact) mass is 319 g/mol. The van der Waals surface area contributed by atoms with Crippen LogP contribution in [-0.4, -0.2) is 16.9 Å². The number of nitrogens with one attached hydrogen (secondary N) is 1. The lowest BCUT2D eigenvalue weighted by atomic mass is 10.1. The Balaban J connectivity index is 2.04. The van der Waals surface area contributed by atoms with Crippen LogP contribution in [0.1, 0.15) is 5.56 Å². The van der Waals surface area contributed by atoms with Crippen molar-refractivity contribution in [1.82, 2.24) is 0 Å². The smallest absolute Gasteiger partial charge is 0.271 e. The van der Waals surface area contributed by atoms with Crippen molar-refractivity contribution in [2.24, 2.45) is 5.73 Å². The van der Waals surface area contributed by atoms with Gasteiger partial charge in [0.05, 0.1) is 21.7 Å². The first-order valence-corrected chi connectivity index (χ1v) is 6.89. The van der Waals surface area contributed by atoms with Gasteiger partial charge in [-0.25, -0.2) is 0 Å². The fourth-order valence-electron chi connectivity index (χ4n) is 1.91. The minimum atomic E-state index is -0.742. The van der Waals surface area contributed by atoms with Crippen LogP contribution in [0.4, 0.5) is 11.4 Å². The summed E-state index contributed by atoms with van der Waals surface area (Å²) in [6.45, 7) is 0. The standard InChI is InChI=1S/C15H14ClN3O3/c16-12-9-11(19(21)22)6-7-14(12)18-15(20)13(17)8-10-4-2-1-3-5-10/h1-7,9,13H,8,17H2,(H,18,20)/t13-/m0/s1. The summed E-state index contributed by atoms with van der Waals surface area (Å²) < 4.78 is 0. The zero-order chi connectivity index (χ0) is 16.1. The number of hydrogen-bond donors (Lipinski definition) is 2. The number of nitrogens with zero attached hydrogens (tertiary/aromatic N) is 1. The molecular formula is C15H14ClN3O3. The number of hydrogen-bond acceptors (Lipinski definition) is 4. The number of carbonyl (C=O) groups excluding carboxylic acids is 1. The van der Waals surface area contributed by atoms with E-state index in [-0.39, 0.29) is 10.7 Å². The van der Waals surface area contributed by atoms with E-state index in [1.807, 2.05) is 30.3 Å². The number of nitro groups is 1. The Bertz CT molecular complexity index is 692. The Kier molecular flexibility index (Phi) is 5.08. The molecule has 2 aromatic rings. The molecule has 2 aromatic carbocycles. The molecular weight excluding hydrogens is 306 g/mol. The van der Waals surface area contributed by atoms with E-state index in [2.05, 4.69) is 5.32 Å². The van der Waals surface area contributed by atoms with Crippen LogP contribution in [0.25, 0.3) is 0 Å². The number of nitrogens with two attached hydrogens (primary N) is 1. The second-order valence-corrected chi connectivity index (χ2v) is 5.11. The van der Waals surface area contributed by atoms with Gasteiger partial charge in [-0.05, 0) is 18.1 Å². The molecule has 0 aliphatic rings. The summed E-state index contributed by atoms with van der Waals surface area (Å²) in [5.74, 6) is -0.403. The molecule has 1 amide bonds. The molecule has 0 unspecified atom stereocenters. The molecule has 114 valence electrons. The van der Waals surface area contributed by atoms with Crippen molar-refractivity contribution >= 4 is 28.9 Å². The zero-order valence-corrected chi connectivity index (χ0v) is 12.3. The van der Waals surface area contributed by atoms with E-state index in [4.69, 9.17) is 17.3 Å². The molecule has 0 saturated carbocycles. The highest BCUT2D eigenvalue weighted by atomic mass is 35.5. The lowest BCUT2D eigenvalue weighted by Gasteiger charge is -2.13. The second-order valence-electron chi connectivity index (χ2n) is 4.71. The predicted octanol–water partition coefficient (Wildman–Crippen LogP) is 2.76. The number of carbonyl (C=O) groups is 1. The van der Waals surface area contributed by atoms with E-state index in [0.29, 0.717) is 12.1 Å². The minimum Gasteiger partial charge on any atom is -0.323 e. The summed E-state index contributed by atoms with van der Waals surface area (Å²) in [5, 5.41) is 13.3. The van der Waals surface area contributed by atoms with E-state index < -0.39 is 16.9 Å². The summed E-state index contributed by atoms with van der Waals surface area (Å²) in [5.41, 5.74) is 6.96. The maximum absolute atomic E-state index is 12.1. The number of rotatable bonds is 5. The quantitative estimate of drug-likeness (QED) is 0.654. The van der Waals surface area contributed by atoms with Crippen LogP contribution in [0.3, 0.4) is 0 Å². The highest BCUT2D eigenvalue weighted by molar-refractivity contribution is 6.34. The second kappa shape index (κ2) is 7.02. The van der Waals surface area contributed by atoms with Crippen LogP contribution in [0.5, 0.6) is 0 Å². The summed E-state index contributed by atoms with van der Waals surface area (Å²) in [6.07, 6.45) is 0.386. The van der Waals surface area contributed by atoms with Crippen molar-refractivity contribution in [3.63, 3.8) is 0 Å². The summed E-state index contributed by atoms with van der Waals surface area (Å²) in [7, 11) is 0. The van der Waals surface area contributed by atoms with Crippen molar-refractivity contribution in [3.05, 3.63) is 69.2 Å². The van der Waals surface area contributed by atoms with Gasteiger partial charge in [0.25, 0.3) is 5.69 Å². The molecule has 0 heterocycles. The van der Waals surface area contributed by atoms with Gasteiger partial charge in [-0.3, -0.25) is 14.9 Å². The Morgan fingerprint density at radius 2 is 1.95 bits per heavy atom. The van der Waals surface area contributed by atoms with Crippen LogP contribution in [0, 0.1) is 10.1 Å². The maximum atomic E-state index is 12.1. The van der Waals surface area contributed by atoms with Crippen LogP contribution in [-0.2, 0) is 11.2 Å². The average Bonchev–Trinajstić information content (AvgIpc) is 2.50. The first-order chi connectivity index (χ1) is 10.5. The highest BCUT2D eigenvalue weighted by Gasteiger charge is 2.17. The van der Waals surface area contributed by atoms with Crippen LogP contribution in [0.2, 0.25) is 5.02 Å². The van der Waals surface area contributed by atoms with E-state index >= 15 is 0 Å². The van der Waals surface area contributed by atoms with Gasteiger partial charge in [0.15, 0.2) is 0 Å². The number of amides is 1. The predicted molar refractivity (Wildman–Crippen MR) is 84.9 cm³/mol. The molecule has 22 heavy (non-hydrogen) atoms. The Labute approximate surface area is 132 Å². The first-order valence-electron chi connectivity index (χ1n) is 6.51. The third-order valence-electron chi connectivity index (χ3n) is 3.06. The van der Waals surface area contributed by atoms with Crippen molar-refractivity contribution in [2.45, 2.75) is 12.5 Å². The Hall–Kier alpha value is -2.44. The Morgan fingerprint density at radius 3 is 2.55 bits per heavy atom. The highest BCUT2D eigenvalue weighted by Crippen LogP contribution is 2.26. The molecule has 1 atom stereocenters. The molecule has 0 spiro atoms. The van der Waals surface area contributed by atoms with Gasteiger partial charge in [0.2, 0.25) is 5.91 Å². The van der Waals surface area contributed by atoms with Crippen molar-refractivity contribution < 1.29 is 9.72 Å². The topological polar surface area (TPSA) is 98.3 Å². The van der Waals surface area contributed by atoms with Gasteiger partial charge in [0, 0.05) is 12.1 Å². The number of benzene rings is 2. The average molecular weight is 320 g/mol. The van der Waals surface area contributed by atoms with Gasteiger partial charge >= 0.3 is 0 Å². The zero-order valence-electron chi connectivity index (χ0n) is 11.5. The minimum absolute atomic E-state index is 0.0921. The fourth-order valence-corrected chi connectivity index (χ4v) is 2.13. The molecule has 0 saturated heterocycles.